The van der Waals surface area contributed by atoms with Gasteiger partial charge in [-0.05, 0) is 62.1 Å². The molecule has 1 atom stereocenters. The Kier molecular flexibility index (Phi) is 5.22. The van der Waals surface area contributed by atoms with Gasteiger partial charge in [0.05, 0.1) is 5.69 Å². The van der Waals surface area contributed by atoms with Crippen molar-refractivity contribution in [3.05, 3.63) is 53.1 Å². The molecule has 0 aromatic heterocycles. The van der Waals surface area contributed by atoms with Gasteiger partial charge >= 0.3 is 0 Å². The summed E-state index contributed by atoms with van der Waals surface area (Å²) in [5, 5.41) is 2.91. The summed E-state index contributed by atoms with van der Waals surface area (Å²) in [5.41, 5.74) is 4.23. The van der Waals surface area contributed by atoms with E-state index in [4.69, 9.17) is 4.74 Å². The van der Waals surface area contributed by atoms with E-state index in [0.29, 0.717) is 29.5 Å². The minimum Gasteiger partial charge on any atom is -0.479 e. The van der Waals surface area contributed by atoms with Gasteiger partial charge in [-0.15, -0.1) is 0 Å². The van der Waals surface area contributed by atoms with Gasteiger partial charge in [0.1, 0.15) is 5.75 Å². The fraction of sp³-hybridized carbons (Fsp3) is 0.364. The van der Waals surface area contributed by atoms with Crippen molar-refractivity contribution in [1.82, 2.24) is 0 Å². The summed E-state index contributed by atoms with van der Waals surface area (Å²) in [7, 11) is 0. The van der Waals surface area contributed by atoms with E-state index in [9.17, 15) is 9.59 Å². The number of benzene rings is 2. The van der Waals surface area contributed by atoms with Gasteiger partial charge in [-0.2, -0.15) is 0 Å². The lowest BCUT2D eigenvalue weighted by atomic mass is 10.1. The molecule has 1 N–H and O–H groups in total. The van der Waals surface area contributed by atoms with Crippen LogP contribution in [-0.2, 0) is 4.79 Å². The van der Waals surface area contributed by atoms with Crippen LogP contribution in [-0.4, -0.2) is 24.5 Å². The van der Waals surface area contributed by atoms with Crippen LogP contribution >= 0.6 is 0 Å². The van der Waals surface area contributed by atoms with E-state index in [1.165, 1.54) is 0 Å². The third kappa shape index (κ3) is 3.97. The molecule has 0 aliphatic carbocycles. The Bertz CT molecular complexity index is 889. The lowest BCUT2D eigenvalue weighted by Crippen LogP contribution is -2.46. The highest BCUT2D eigenvalue weighted by Gasteiger charge is 2.32. The number of nitrogens with zero attached hydrogens (tertiary/aromatic N) is 1. The summed E-state index contributed by atoms with van der Waals surface area (Å²) < 4.78 is 5.78. The van der Waals surface area contributed by atoms with Crippen LogP contribution in [0.5, 0.6) is 5.75 Å². The molecule has 1 aliphatic rings. The number of carbonyl (C=O) groups is 2. The molecule has 0 radical (unpaired) electrons. The van der Waals surface area contributed by atoms with Gasteiger partial charge in [0.2, 0.25) is 0 Å². The largest absolute Gasteiger partial charge is 0.479 e. The first-order valence-electron chi connectivity index (χ1n) is 9.27. The molecule has 3 rings (SSSR count). The fourth-order valence-electron chi connectivity index (χ4n) is 3.13. The van der Waals surface area contributed by atoms with Crippen LogP contribution in [0, 0.1) is 19.8 Å². The molecule has 5 nitrogen and oxygen atoms in total. The quantitative estimate of drug-likeness (QED) is 0.876. The van der Waals surface area contributed by atoms with Gasteiger partial charge in [-0.3, -0.25) is 9.59 Å². The third-order valence-corrected chi connectivity index (χ3v) is 4.74. The Morgan fingerprint density at radius 3 is 2.56 bits per heavy atom. The lowest BCUT2D eigenvalue weighted by Gasteiger charge is -2.34. The molecule has 2 amide bonds. The van der Waals surface area contributed by atoms with Crippen LogP contribution in [0.1, 0.15) is 42.3 Å². The van der Waals surface area contributed by atoms with Crippen molar-refractivity contribution in [1.29, 1.82) is 0 Å². The summed E-state index contributed by atoms with van der Waals surface area (Å²) >= 11 is 0. The Morgan fingerprint density at radius 2 is 1.89 bits per heavy atom. The fourth-order valence-corrected chi connectivity index (χ4v) is 3.13. The van der Waals surface area contributed by atoms with Crippen LogP contribution in [0.3, 0.4) is 0 Å². The molecule has 5 heteroatoms. The molecule has 0 bridgehead atoms. The average molecular weight is 366 g/mol. The summed E-state index contributed by atoms with van der Waals surface area (Å²) in [5.74, 6) is 0.747. The molecule has 1 aliphatic heterocycles. The first kappa shape index (κ1) is 19.0. The van der Waals surface area contributed by atoms with Crippen molar-refractivity contribution in [2.24, 2.45) is 5.92 Å². The zero-order valence-corrected chi connectivity index (χ0v) is 16.5. The van der Waals surface area contributed by atoms with Crippen molar-refractivity contribution >= 4 is 23.2 Å². The molecule has 142 valence electrons. The molecule has 2 aromatic carbocycles. The molecule has 1 heterocycles. The first-order chi connectivity index (χ1) is 12.8. The molecule has 0 saturated carbocycles. The molecule has 2 aromatic rings. The van der Waals surface area contributed by atoms with Gasteiger partial charge in [0.15, 0.2) is 6.10 Å². The zero-order valence-electron chi connectivity index (χ0n) is 16.5. The first-order valence-corrected chi connectivity index (χ1v) is 9.27. The second kappa shape index (κ2) is 7.43. The zero-order chi connectivity index (χ0) is 19.7. The molecular formula is C22H26N2O3. The monoisotopic (exact) mass is 366 g/mol. The number of amides is 2. The van der Waals surface area contributed by atoms with Crippen molar-refractivity contribution in [3.63, 3.8) is 0 Å². The summed E-state index contributed by atoms with van der Waals surface area (Å²) in [6, 6.07) is 11.1. The van der Waals surface area contributed by atoms with E-state index in [-0.39, 0.29) is 11.8 Å². The summed E-state index contributed by atoms with van der Waals surface area (Å²) in [6.07, 6.45) is -0.540. The normalized spacial score (nSPS) is 16.1. The second-order valence-electron chi connectivity index (χ2n) is 7.54. The number of nitrogens with one attached hydrogen (secondary N) is 1. The molecule has 0 saturated heterocycles. The molecular weight excluding hydrogens is 340 g/mol. The molecule has 0 fully saturated rings. The number of ether oxygens (including phenoxy) is 1. The van der Waals surface area contributed by atoms with E-state index in [1.807, 2.05) is 38.1 Å². The van der Waals surface area contributed by atoms with Gasteiger partial charge in [0.25, 0.3) is 11.8 Å². The van der Waals surface area contributed by atoms with Crippen LogP contribution in [0.15, 0.2) is 36.4 Å². The summed E-state index contributed by atoms with van der Waals surface area (Å²) in [4.78, 5) is 26.8. The van der Waals surface area contributed by atoms with Crippen molar-refractivity contribution < 1.29 is 14.3 Å². The van der Waals surface area contributed by atoms with E-state index >= 15 is 0 Å². The Balaban J connectivity index is 1.85. The topological polar surface area (TPSA) is 58.6 Å². The minimum atomic E-state index is -0.540. The number of anilines is 2. The number of fused-ring (bicyclic) bond motifs is 1. The maximum atomic E-state index is 12.6. The van der Waals surface area contributed by atoms with Crippen LogP contribution in [0.4, 0.5) is 11.4 Å². The molecule has 27 heavy (non-hydrogen) atoms. The number of hydrogen-bond acceptors (Lipinski definition) is 3. The van der Waals surface area contributed by atoms with E-state index in [0.717, 1.165) is 16.8 Å². The van der Waals surface area contributed by atoms with Crippen molar-refractivity contribution in [3.8, 4) is 5.75 Å². The number of aryl methyl sites for hydroxylation is 2. The number of carbonyl (C=O) groups excluding carboxylic acids is 2. The van der Waals surface area contributed by atoms with Gasteiger partial charge in [-0.25, -0.2) is 0 Å². The van der Waals surface area contributed by atoms with E-state index in [1.54, 1.807) is 24.0 Å². The maximum Gasteiger partial charge on any atom is 0.267 e. The van der Waals surface area contributed by atoms with Gasteiger partial charge in [0, 0.05) is 23.9 Å². The summed E-state index contributed by atoms with van der Waals surface area (Å²) in [6.45, 7) is 10.5. The highest BCUT2D eigenvalue weighted by molar-refractivity contribution is 6.05. The molecule has 1 unspecified atom stereocenters. The van der Waals surface area contributed by atoms with Crippen LogP contribution < -0.4 is 15.0 Å². The van der Waals surface area contributed by atoms with Crippen molar-refractivity contribution in [2.75, 3.05) is 16.8 Å². The average Bonchev–Trinajstić information content (AvgIpc) is 2.60. The standard InChI is InChI=1S/C22H26N2O3/c1-13(2)12-24-19-9-8-18(11-20(19)27-16(5)22(24)26)23-21(25)17-7-6-14(3)15(4)10-17/h6-11,13,16H,12H2,1-5H3,(H,23,25). The predicted molar refractivity (Wildman–Crippen MR) is 108 cm³/mol. The van der Waals surface area contributed by atoms with Gasteiger partial charge < -0.3 is 15.0 Å². The SMILES string of the molecule is Cc1ccc(C(=O)Nc2ccc3c(c2)OC(C)C(=O)N3CC(C)C)cc1C. The Morgan fingerprint density at radius 1 is 1.15 bits per heavy atom. The maximum absolute atomic E-state index is 12.6. The minimum absolute atomic E-state index is 0.0388. The van der Waals surface area contributed by atoms with E-state index < -0.39 is 6.10 Å². The van der Waals surface area contributed by atoms with E-state index in [2.05, 4.69) is 19.2 Å². The Hall–Kier alpha value is -2.82. The Labute approximate surface area is 160 Å². The van der Waals surface area contributed by atoms with Gasteiger partial charge in [-0.1, -0.05) is 19.9 Å². The highest BCUT2D eigenvalue weighted by atomic mass is 16.5. The smallest absolute Gasteiger partial charge is 0.267 e. The second-order valence-corrected chi connectivity index (χ2v) is 7.54. The number of hydrogen-bond donors (Lipinski definition) is 1. The predicted octanol–water partition coefficient (Wildman–Crippen LogP) is 4.33. The highest BCUT2D eigenvalue weighted by Crippen LogP contribution is 2.36. The van der Waals surface area contributed by atoms with Crippen LogP contribution in [0.25, 0.3) is 0 Å². The third-order valence-electron chi connectivity index (χ3n) is 4.74. The number of rotatable bonds is 4. The van der Waals surface area contributed by atoms with Crippen LogP contribution in [0.2, 0.25) is 0 Å². The van der Waals surface area contributed by atoms with Crippen molar-refractivity contribution in [2.45, 2.75) is 40.7 Å². The molecule has 0 spiro atoms. The lowest BCUT2D eigenvalue weighted by molar-refractivity contribution is -0.125.